The fraction of sp³-hybridized carbons (Fsp3) is 0.0455. The van der Waals surface area contributed by atoms with Gasteiger partial charge in [0.15, 0.2) is 5.82 Å². The van der Waals surface area contributed by atoms with Crippen LogP contribution in [0.2, 0.25) is 0 Å². The van der Waals surface area contributed by atoms with Crippen LogP contribution in [0.1, 0.15) is 16.7 Å². The highest BCUT2D eigenvalue weighted by Gasteiger charge is 2.04. The molecule has 0 aliphatic rings. The molecule has 126 valence electrons. The third kappa shape index (κ3) is 4.10. The van der Waals surface area contributed by atoms with E-state index in [1.807, 2.05) is 37.3 Å². The molecule has 0 amide bonds. The Morgan fingerprint density at radius 3 is 2.19 bits per heavy atom. The van der Waals surface area contributed by atoms with Crippen molar-refractivity contribution in [3.8, 4) is 23.0 Å². The van der Waals surface area contributed by atoms with Gasteiger partial charge < -0.3 is 0 Å². The van der Waals surface area contributed by atoms with E-state index in [1.54, 1.807) is 12.1 Å². The predicted molar refractivity (Wildman–Crippen MR) is 104 cm³/mol. The van der Waals surface area contributed by atoms with Crippen LogP contribution in [-0.2, 0) is 0 Å². The number of nitrogens with zero attached hydrogens (tertiary/aromatic N) is 1. The lowest BCUT2D eigenvalue weighted by Crippen LogP contribution is -1.87. The number of benzene rings is 3. The van der Waals surface area contributed by atoms with E-state index in [-0.39, 0.29) is 11.3 Å². The Bertz CT molecular complexity index is 1070. The number of aryl methyl sites for hydroxylation is 1. The SMILES string of the molecule is Cc1ccc(-c2ccc(C#Cc3ccc(N=C=S)c(F)c3)c(F)c2)cc1. The van der Waals surface area contributed by atoms with Gasteiger partial charge in [0.25, 0.3) is 0 Å². The van der Waals surface area contributed by atoms with E-state index >= 15 is 0 Å². The quantitative estimate of drug-likeness (QED) is 0.306. The predicted octanol–water partition coefficient (Wildman–Crippen LogP) is 6.07. The van der Waals surface area contributed by atoms with Crippen molar-refractivity contribution in [3.63, 3.8) is 0 Å². The molecule has 3 rings (SSSR count). The molecule has 0 fully saturated rings. The van der Waals surface area contributed by atoms with Crippen LogP contribution in [0.4, 0.5) is 14.5 Å². The second-order valence-electron chi connectivity index (χ2n) is 5.68. The maximum Gasteiger partial charge on any atom is 0.150 e. The summed E-state index contributed by atoms with van der Waals surface area (Å²) in [5.74, 6) is 4.53. The van der Waals surface area contributed by atoms with Crippen LogP contribution in [-0.4, -0.2) is 5.16 Å². The average molecular weight is 361 g/mol. The minimum atomic E-state index is -0.552. The van der Waals surface area contributed by atoms with Crippen molar-refractivity contribution < 1.29 is 8.78 Å². The minimum absolute atomic E-state index is 0.0965. The molecule has 0 spiro atoms. The van der Waals surface area contributed by atoms with Gasteiger partial charge in [-0.1, -0.05) is 47.7 Å². The van der Waals surface area contributed by atoms with Crippen molar-refractivity contribution in [2.45, 2.75) is 6.92 Å². The lowest BCUT2D eigenvalue weighted by molar-refractivity contribution is 0.625. The molecule has 0 aliphatic heterocycles. The van der Waals surface area contributed by atoms with Gasteiger partial charge in [0.2, 0.25) is 0 Å². The first kappa shape index (κ1) is 17.7. The molecule has 0 saturated carbocycles. The summed E-state index contributed by atoms with van der Waals surface area (Å²) in [4.78, 5) is 3.61. The molecule has 26 heavy (non-hydrogen) atoms. The molecule has 3 aromatic rings. The smallest absolute Gasteiger partial charge is 0.150 e. The monoisotopic (exact) mass is 361 g/mol. The number of isothiocyanates is 1. The zero-order valence-electron chi connectivity index (χ0n) is 13.9. The normalized spacial score (nSPS) is 9.81. The van der Waals surface area contributed by atoms with Gasteiger partial charge in [-0.15, -0.1) is 0 Å². The van der Waals surface area contributed by atoms with Crippen LogP contribution in [0.3, 0.4) is 0 Å². The first-order valence-electron chi connectivity index (χ1n) is 7.83. The molecular formula is C22H13F2NS. The Labute approximate surface area is 156 Å². The van der Waals surface area contributed by atoms with E-state index in [4.69, 9.17) is 0 Å². The summed E-state index contributed by atoms with van der Waals surface area (Å²) in [6.07, 6.45) is 0. The summed E-state index contributed by atoms with van der Waals surface area (Å²) >= 11 is 4.46. The Morgan fingerprint density at radius 1 is 0.808 bits per heavy atom. The highest BCUT2D eigenvalue weighted by atomic mass is 32.1. The van der Waals surface area contributed by atoms with E-state index in [2.05, 4.69) is 34.2 Å². The molecule has 1 nitrogen and oxygen atoms in total. The van der Waals surface area contributed by atoms with Gasteiger partial charge in [0, 0.05) is 5.56 Å². The van der Waals surface area contributed by atoms with Crippen molar-refractivity contribution in [3.05, 3.63) is 89.0 Å². The molecule has 0 radical (unpaired) electrons. The number of rotatable bonds is 2. The molecule has 0 heterocycles. The Balaban J connectivity index is 1.88. The molecule has 0 atom stereocenters. The molecule has 3 aromatic carbocycles. The first-order valence-corrected chi connectivity index (χ1v) is 8.23. The van der Waals surface area contributed by atoms with E-state index in [0.29, 0.717) is 5.56 Å². The molecule has 4 heteroatoms. The van der Waals surface area contributed by atoms with E-state index < -0.39 is 11.6 Å². The van der Waals surface area contributed by atoms with Crippen LogP contribution in [0.15, 0.2) is 65.7 Å². The lowest BCUT2D eigenvalue weighted by Gasteiger charge is -2.04. The van der Waals surface area contributed by atoms with E-state index in [1.165, 1.54) is 18.2 Å². The van der Waals surface area contributed by atoms with Gasteiger partial charge >= 0.3 is 0 Å². The van der Waals surface area contributed by atoms with E-state index in [0.717, 1.165) is 16.7 Å². The van der Waals surface area contributed by atoms with Crippen LogP contribution >= 0.6 is 12.2 Å². The molecule has 0 unspecified atom stereocenters. The maximum absolute atomic E-state index is 14.4. The van der Waals surface area contributed by atoms with Crippen LogP contribution in [0.5, 0.6) is 0 Å². The molecule has 0 bridgehead atoms. The van der Waals surface area contributed by atoms with Crippen molar-refractivity contribution in [2.24, 2.45) is 4.99 Å². The summed E-state index contributed by atoms with van der Waals surface area (Å²) in [5.41, 5.74) is 3.63. The second kappa shape index (κ2) is 7.84. The zero-order chi connectivity index (χ0) is 18.5. The van der Waals surface area contributed by atoms with Crippen LogP contribution in [0.25, 0.3) is 11.1 Å². The summed E-state index contributed by atoms with van der Waals surface area (Å²) < 4.78 is 28.1. The highest BCUT2D eigenvalue weighted by Crippen LogP contribution is 2.22. The summed E-state index contributed by atoms with van der Waals surface area (Å²) in [7, 11) is 0. The number of hydrogen-bond donors (Lipinski definition) is 0. The molecule has 0 saturated heterocycles. The first-order chi connectivity index (χ1) is 12.6. The van der Waals surface area contributed by atoms with Crippen LogP contribution in [0, 0.1) is 30.4 Å². The number of hydrogen-bond acceptors (Lipinski definition) is 2. The third-order valence-corrected chi connectivity index (χ3v) is 3.90. The van der Waals surface area contributed by atoms with Gasteiger partial charge in [0.1, 0.15) is 11.5 Å². The zero-order valence-corrected chi connectivity index (χ0v) is 14.7. The maximum atomic E-state index is 14.4. The second-order valence-corrected chi connectivity index (χ2v) is 5.86. The highest BCUT2D eigenvalue weighted by molar-refractivity contribution is 7.78. The van der Waals surface area contributed by atoms with E-state index in [9.17, 15) is 8.78 Å². The molecule has 0 aliphatic carbocycles. The van der Waals surface area contributed by atoms with Crippen molar-refractivity contribution in [1.29, 1.82) is 0 Å². The topological polar surface area (TPSA) is 12.4 Å². The van der Waals surface area contributed by atoms with Gasteiger partial charge in [-0.2, -0.15) is 4.99 Å². The van der Waals surface area contributed by atoms with Gasteiger partial charge in [-0.05, 0) is 60.6 Å². The van der Waals surface area contributed by atoms with Gasteiger partial charge in [-0.3, -0.25) is 0 Å². The number of thiocarbonyl (C=S) groups is 1. The number of aliphatic imine (C=N–C) groups is 1. The van der Waals surface area contributed by atoms with Gasteiger partial charge in [-0.25, -0.2) is 8.78 Å². The Morgan fingerprint density at radius 2 is 1.54 bits per heavy atom. The third-order valence-electron chi connectivity index (χ3n) is 3.81. The van der Waals surface area contributed by atoms with Gasteiger partial charge in [0.05, 0.1) is 10.7 Å². The fourth-order valence-corrected chi connectivity index (χ4v) is 2.50. The Kier molecular flexibility index (Phi) is 5.34. The number of halogens is 2. The largest absolute Gasteiger partial charge is 0.206 e. The molecule has 0 aromatic heterocycles. The van der Waals surface area contributed by atoms with Crippen molar-refractivity contribution in [1.82, 2.24) is 0 Å². The summed E-state index contributed by atoms with van der Waals surface area (Å²) in [5, 5.41) is 2.11. The average Bonchev–Trinajstić information content (AvgIpc) is 2.63. The lowest BCUT2D eigenvalue weighted by atomic mass is 10.0. The van der Waals surface area contributed by atoms with Crippen molar-refractivity contribution in [2.75, 3.05) is 0 Å². The summed E-state index contributed by atoms with van der Waals surface area (Å²) in [6.45, 7) is 2.00. The fourth-order valence-electron chi connectivity index (χ4n) is 2.41. The molecule has 0 N–H and O–H groups in total. The summed E-state index contributed by atoms with van der Waals surface area (Å²) in [6, 6.07) is 17.0. The minimum Gasteiger partial charge on any atom is -0.206 e. The van der Waals surface area contributed by atoms with Crippen LogP contribution < -0.4 is 0 Å². The van der Waals surface area contributed by atoms with Crippen molar-refractivity contribution >= 4 is 23.1 Å². The molecular weight excluding hydrogens is 348 g/mol. The standard InChI is InChI=1S/C22H13F2NS/c1-15-2-6-17(7-3-15)19-10-9-18(20(23)13-19)8-4-16-5-11-22(25-14-26)21(24)12-16/h2-3,5-7,9-13H,1H3. The Hall–Kier alpha value is -3.12.